The summed E-state index contributed by atoms with van der Waals surface area (Å²) in [4.78, 5) is 93.0. The van der Waals surface area contributed by atoms with Crippen LogP contribution in [-0.2, 0) is 42.9 Å². The van der Waals surface area contributed by atoms with Gasteiger partial charge in [0.05, 0.1) is 47.4 Å². The van der Waals surface area contributed by atoms with E-state index in [0.717, 1.165) is 26.1 Å². The second-order valence-electron chi connectivity index (χ2n) is 23.5. The first kappa shape index (κ1) is 67.3. The summed E-state index contributed by atoms with van der Waals surface area (Å²) in [5.74, 6) is -10.7. The van der Waals surface area contributed by atoms with Gasteiger partial charge in [-0.15, -0.1) is 0 Å². The van der Waals surface area contributed by atoms with E-state index in [1.54, 1.807) is 33.8 Å². The highest BCUT2D eigenvalue weighted by Gasteiger charge is 2.44. The topological polar surface area (TPSA) is 328 Å². The Bertz CT molecular complexity index is 3440. The quantitative estimate of drug-likeness (QED) is 0.0184. The Hall–Kier alpha value is -7.19. The zero-order chi connectivity index (χ0) is 63.8. The van der Waals surface area contributed by atoms with Crippen molar-refractivity contribution in [3.8, 4) is 11.5 Å². The fraction of sp³-hybridized carbons (Fsp3) is 0.571. The van der Waals surface area contributed by atoms with E-state index in [1.807, 2.05) is 18.7 Å². The average Bonchev–Trinajstić information content (AvgIpc) is 1.79. The zero-order valence-corrected chi connectivity index (χ0v) is 51.8. The van der Waals surface area contributed by atoms with Gasteiger partial charge >= 0.3 is 23.7 Å². The van der Waals surface area contributed by atoms with Gasteiger partial charge in [0.25, 0.3) is 5.91 Å². The Morgan fingerprint density at radius 1 is 0.885 bits per heavy atom. The number of aromatic hydroxyl groups is 1. The molecular weight excluding hydrogens is 1130 g/mol. The molecule has 1 saturated heterocycles. The van der Waals surface area contributed by atoms with E-state index in [1.165, 1.54) is 64.5 Å². The number of aliphatic hydroxyl groups is 4. The first-order valence-electron chi connectivity index (χ1n) is 29.8. The Kier molecular flexibility index (Phi) is 22.6. The predicted octanol–water partition coefficient (Wildman–Crippen LogP) is 4.13. The third-order valence-corrected chi connectivity index (χ3v) is 16.8. The number of ether oxygens (including phenoxy) is 6. The van der Waals surface area contributed by atoms with Crippen LogP contribution >= 0.6 is 0 Å². The standard InChI is InChI=1S/C63H86N6O18/c1-13-40(29-70)64-19-20-65-41(14-2)31-83-62(80)61(79)82-30-39-17-15-16-33(5)52(73)35(7)53(74)36(8)56(85-38(10)71)34(6)44(81-12)18-25-84-63(11)59(77)48-46-47(54(75)37(9)57(48)87-63)55(76)51(67-60(39)78)58-50(46)66-49-43(72)26-42(27-45(49)86-58)69-23-21-68(22-24-69)28-32(3)4/h15-18,25-27,32-36,40-41,44,52-53,56,64-65,70,73-75,77H,13-14,19-24,28-31H2,1-12H3,(H,67,78)/b16-15+,25-18+,39-17-. The third kappa shape index (κ3) is 15.0. The van der Waals surface area contributed by atoms with E-state index in [0.29, 0.717) is 44.2 Å². The summed E-state index contributed by atoms with van der Waals surface area (Å²) in [5, 5.41) is 65.8. The van der Waals surface area contributed by atoms with Crippen LogP contribution in [0.25, 0.3) is 38.7 Å². The molecule has 8 N–H and O–H groups in total. The van der Waals surface area contributed by atoms with Crippen LogP contribution in [0.2, 0.25) is 0 Å². The molecule has 0 saturated carbocycles. The highest BCUT2D eigenvalue weighted by atomic mass is 16.7. The Balaban J connectivity index is 1.38. The number of anilines is 2. The molecule has 8 rings (SSSR count). The Labute approximate surface area is 505 Å². The molecule has 5 bridgehead atoms. The fourth-order valence-electron chi connectivity index (χ4n) is 11.5. The van der Waals surface area contributed by atoms with Gasteiger partial charge in [-0.25, -0.2) is 14.6 Å². The van der Waals surface area contributed by atoms with Crippen LogP contribution < -0.4 is 41.7 Å². The summed E-state index contributed by atoms with van der Waals surface area (Å²) in [6, 6.07) is 2.59. The first-order valence-corrected chi connectivity index (χ1v) is 29.8. The maximum atomic E-state index is 15.4. The van der Waals surface area contributed by atoms with Crippen LogP contribution in [0.3, 0.4) is 0 Å². The second kappa shape index (κ2) is 29.2. The molecule has 0 radical (unpaired) electrons. The molecule has 4 aliphatic heterocycles. The van der Waals surface area contributed by atoms with E-state index in [4.69, 9.17) is 37.8 Å². The van der Waals surface area contributed by atoms with E-state index in [9.17, 15) is 49.5 Å². The minimum atomic E-state index is -2.09. The molecule has 3 aromatic carbocycles. The minimum absolute atomic E-state index is 0.0274. The number of hydrogen-bond acceptors (Lipinski definition) is 23. The van der Waals surface area contributed by atoms with Crippen molar-refractivity contribution in [2.45, 2.75) is 131 Å². The van der Waals surface area contributed by atoms with E-state index in [-0.39, 0.29) is 69.4 Å². The van der Waals surface area contributed by atoms with Crippen LogP contribution in [0.5, 0.6) is 11.5 Å². The lowest BCUT2D eigenvalue weighted by Gasteiger charge is -2.38. The number of nitrogens with zero attached hydrogens (tertiary/aromatic N) is 3. The zero-order valence-electron chi connectivity index (χ0n) is 51.8. The van der Waals surface area contributed by atoms with Gasteiger partial charge < -0.3 is 79.2 Å². The van der Waals surface area contributed by atoms with Crippen LogP contribution in [0.4, 0.5) is 11.4 Å². The van der Waals surface area contributed by atoms with Gasteiger partial charge in [-0.05, 0) is 31.8 Å². The number of carbonyl (C=O) groups excluding carboxylic acids is 4. The number of nitrogens with one attached hydrogen (secondary N) is 3. The molecule has 4 aromatic rings. The van der Waals surface area contributed by atoms with Crippen LogP contribution in [0, 0.1) is 36.5 Å². The number of aliphatic hydroxyl groups excluding tert-OH is 4. The van der Waals surface area contributed by atoms with E-state index >= 15 is 4.79 Å². The normalized spacial score (nSPS) is 26.3. The second-order valence-corrected chi connectivity index (χ2v) is 23.5. The summed E-state index contributed by atoms with van der Waals surface area (Å²) in [5.41, 5.74) is -3.08. The molecular formula is C63H86N6O18. The van der Waals surface area contributed by atoms with Gasteiger partial charge in [-0.3, -0.25) is 24.1 Å². The van der Waals surface area contributed by atoms with Crippen molar-refractivity contribution in [3.63, 3.8) is 0 Å². The van der Waals surface area contributed by atoms with Crippen molar-refractivity contribution in [3.05, 3.63) is 79.5 Å². The lowest BCUT2D eigenvalue weighted by molar-refractivity contribution is -0.167. The number of allylic oxidation sites excluding steroid dienone is 2. The Morgan fingerprint density at radius 2 is 1.55 bits per heavy atom. The molecule has 1 amide bonds. The summed E-state index contributed by atoms with van der Waals surface area (Å²) < 4.78 is 41.5. The van der Waals surface area contributed by atoms with Crippen molar-refractivity contribution in [1.82, 2.24) is 20.5 Å². The van der Waals surface area contributed by atoms with Crippen molar-refractivity contribution in [1.29, 1.82) is 0 Å². The number of esters is 3. The number of fused-ring (bicyclic) bond motifs is 14. The number of benzene rings is 3. The van der Waals surface area contributed by atoms with Gasteiger partial charge in [0, 0.05) is 131 Å². The largest absolute Gasteiger partial charge is 0.507 e. The maximum absolute atomic E-state index is 15.4. The molecule has 0 spiro atoms. The number of aromatic nitrogens is 1. The van der Waals surface area contributed by atoms with Gasteiger partial charge in [0.15, 0.2) is 22.4 Å². The van der Waals surface area contributed by atoms with Crippen molar-refractivity contribution in [2.75, 3.05) is 83.0 Å². The number of amides is 1. The first-order chi connectivity index (χ1) is 41.3. The molecule has 1 fully saturated rings. The van der Waals surface area contributed by atoms with E-state index < -0.39 is 123 Å². The fourth-order valence-corrected chi connectivity index (χ4v) is 11.5. The number of phenols is 1. The monoisotopic (exact) mass is 1210 g/mol. The minimum Gasteiger partial charge on any atom is -0.507 e. The molecule has 24 heteroatoms. The number of piperazine rings is 1. The lowest BCUT2D eigenvalue weighted by atomic mass is 9.78. The average molecular weight is 1220 g/mol. The molecule has 4 aliphatic rings. The van der Waals surface area contributed by atoms with Crippen molar-refractivity contribution < 1.29 is 77.5 Å². The number of rotatable bonds is 17. The molecule has 87 heavy (non-hydrogen) atoms. The smallest absolute Gasteiger partial charge is 0.417 e. The van der Waals surface area contributed by atoms with Gasteiger partial charge in [0.1, 0.15) is 42.0 Å². The predicted molar refractivity (Wildman–Crippen MR) is 326 cm³/mol. The molecule has 476 valence electrons. The number of hydrogen-bond donors (Lipinski definition) is 8. The number of carbonyl (C=O) groups is 4. The molecule has 11 atom stereocenters. The number of phenolic OH excluding ortho intramolecular Hbond substituents is 1. The maximum Gasteiger partial charge on any atom is 0.417 e. The Morgan fingerprint density at radius 3 is 2.18 bits per heavy atom. The molecule has 1 aromatic heterocycles. The summed E-state index contributed by atoms with van der Waals surface area (Å²) in [6.07, 6.45) is 3.60. The van der Waals surface area contributed by atoms with Crippen LogP contribution in [-0.4, -0.2) is 174 Å². The number of methoxy groups -OCH3 is 1. The van der Waals surface area contributed by atoms with Crippen molar-refractivity contribution >= 4 is 73.9 Å². The van der Waals surface area contributed by atoms with Crippen molar-refractivity contribution in [2.24, 2.45) is 29.6 Å². The lowest BCUT2D eigenvalue weighted by Crippen LogP contribution is -2.47. The van der Waals surface area contributed by atoms with Crippen LogP contribution in [0.1, 0.15) is 87.6 Å². The van der Waals surface area contributed by atoms with E-state index in [2.05, 4.69) is 34.7 Å². The third-order valence-electron chi connectivity index (χ3n) is 16.8. The summed E-state index contributed by atoms with van der Waals surface area (Å²) in [6.45, 7) is 22.1. The highest BCUT2D eigenvalue weighted by molar-refractivity contribution is 6.29. The van der Waals surface area contributed by atoms with Crippen LogP contribution in [0.15, 0.2) is 62.3 Å². The molecule has 24 nitrogen and oxygen atoms in total. The summed E-state index contributed by atoms with van der Waals surface area (Å²) in [7, 11) is 1.41. The molecule has 5 heterocycles. The van der Waals surface area contributed by atoms with Gasteiger partial charge in [-0.2, -0.15) is 0 Å². The highest BCUT2D eigenvalue weighted by Crippen LogP contribution is 2.42. The molecule has 11 unspecified atom stereocenters. The molecule has 0 aliphatic carbocycles. The van der Waals surface area contributed by atoms with Gasteiger partial charge in [-0.1, -0.05) is 73.6 Å². The summed E-state index contributed by atoms with van der Waals surface area (Å²) >= 11 is 0. The van der Waals surface area contributed by atoms with Gasteiger partial charge in [0.2, 0.25) is 10.9 Å². The SMILES string of the molecule is CCC(CO)NCCNC(CC)COC(=O)C(=O)OC/C1=C/C=C/C(C)C(O)C(C)C(O)C(C)C(OC(C)=O)C(C)C(OC)/C=C/OC2(C)Oc3c(C)c(O)c4c(=O)c(c5oc6cc(N7CCN(CC(C)C)CC7)cc(=O)c6nc5c4c3=C2O)NC1=O.